The molecule has 2 aliphatic rings. The number of carbonyl (C=O) groups excluding carboxylic acids is 2. The minimum Gasteiger partial charge on any atom is -0.396 e. The highest BCUT2D eigenvalue weighted by molar-refractivity contribution is 6.35. The third-order valence-electron chi connectivity index (χ3n) is 6.29. The summed E-state index contributed by atoms with van der Waals surface area (Å²) < 4.78 is 13.3. The van der Waals surface area contributed by atoms with Crippen molar-refractivity contribution in [3.63, 3.8) is 0 Å². The molecule has 1 unspecified atom stereocenters. The average molecular weight is 423 g/mol. The summed E-state index contributed by atoms with van der Waals surface area (Å²) in [6.45, 7) is 5.36. The average Bonchev–Trinajstić information content (AvgIpc) is 3.02. The third-order valence-corrected chi connectivity index (χ3v) is 6.29. The zero-order valence-electron chi connectivity index (χ0n) is 17.9. The second-order valence-electron chi connectivity index (χ2n) is 8.48. The van der Waals surface area contributed by atoms with E-state index < -0.39 is 0 Å². The summed E-state index contributed by atoms with van der Waals surface area (Å²) in [4.78, 5) is 30.2. The van der Waals surface area contributed by atoms with E-state index in [-0.39, 0.29) is 36.7 Å². The molecule has 2 aliphatic heterocycles. The van der Waals surface area contributed by atoms with Gasteiger partial charge < -0.3 is 10.0 Å². The number of rotatable bonds is 5. The van der Waals surface area contributed by atoms with Gasteiger partial charge in [-0.3, -0.25) is 14.5 Å². The molecule has 1 N–H and O–H groups in total. The van der Waals surface area contributed by atoms with Crippen LogP contribution in [0, 0.1) is 25.6 Å². The first kappa shape index (κ1) is 21.2. The number of aliphatic hydroxyl groups is 1. The number of halogens is 1. The Morgan fingerprint density at radius 3 is 2.45 bits per heavy atom. The van der Waals surface area contributed by atoms with Gasteiger partial charge in [0.05, 0.1) is 12.1 Å². The minimum atomic E-state index is -0.360. The maximum Gasteiger partial charge on any atom is 0.278 e. The van der Waals surface area contributed by atoms with Crippen LogP contribution in [0.4, 0.5) is 4.39 Å². The van der Waals surface area contributed by atoms with E-state index in [4.69, 9.17) is 0 Å². The third kappa shape index (κ3) is 4.12. The maximum absolute atomic E-state index is 13.5. The molecule has 2 heterocycles. The van der Waals surface area contributed by atoms with Gasteiger partial charge in [0.25, 0.3) is 11.8 Å². The van der Waals surface area contributed by atoms with Crippen LogP contribution in [0.1, 0.15) is 35.1 Å². The highest BCUT2D eigenvalue weighted by atomic mass is 19.1. The summed E-state index contributed by atoms with van der Waals surface area (Å²) >= 11 is 0. The van der Waals surface area contributed by atoms with Crippen molar-refractivity contribution >= 4 is 17.4 Å². The van der Waals surface area contributed by atoms with Gasteiger partial charge >= 0.3 is 0 Å². The van der Waals surface area contributed by atoms with Gasteiger partial charge in [-0.2, -0.15) is 0 Å². The minimum absolute atomic E-state index is 0.0597. The number of benzene rings is 2. The Hall–Kier alpha value is -2.99. The standard InChI is InChI=1S/C25H27FN2O3/c1-16-5-8-20(12-17(16)2)22-23(27-11-3-4-19(13-27)15-29)25(31)28(24(22)30)14-18-6-9-21(26)10-7-18/h5-10,12,19,29H,3-4,11,13-15H2,1-2H3. The van der Waals surface area contributed by atoms with Crippen LogP contribution in [0.2, 0.25) is 0 Å². The van der Waals surface area contributed by atoms with Gasteiger partial charge in [-0.25, -0.2) is 4.39 Å². The lowest BCUT2D eigenvalue weighted by Gasteiger charge is -2.34. The number of carbonyl (C=O) groups is 2. The second kappa shape index (κ2) is 8.63. The van der Waals surface area contributed by atoms with Crippen molar-refractivity contribution in [1.29, 1.82) is 0 Å². The molecule has 0 radical (unpaired) electrons. The zero-order chi connectivity index (χ0) is 22.1. The number of hydrogen-bond donors (Lipinski definition) is 1. The van der Waals surface area contributed by atoms with Gasteiger partial charge in [-0.15, -0.1) is 0 Å². The van der Waals surface area contributed by atoms with Gasteiger partial charge in [0.1, 0.15) is 11.5 Å². The monoisotopic (exact) mass is 422 g/mol. The lowest BCUT2D eigenvalue weighted by atomic mass is 9.96. The molecule has 2 aromatic rings. The van der Waals surface area contributed by atoms with E-state index in [2.05, 4.69) is 0 Å². The highest BCUT2D eigenvalue weighted by Crippen LogP contribution is 2.35. The molecule has 162 valence electrons. The van der Waals surface area contributed by atoms with Crippen LogP contribution in [0.25, 0.3) is 5.57 Å². The van der Waals surface area contributed by atoms with Crippen LogP contribution in [0.15, 0.2) is 48.2 Å². The summed E-state index contributed by atoms with van der Waals surface area (Å²) in [6, 6.07) is 11.6. The molecule has 0 aromatic heterocycles. The highest BCUT2D eigenvalue weighted by Gasteiger charge is 2.42. The largest absolute Gasteiger partial charge is 0.396 e. The van der Waals surface area contributed by atoms with E-state index in [9.17, 15) is 19.1 Å². The Bertz CT molecular complexity index is 1050. The molecule has 1 fully saturated rings. The fourth-order valence-corrected chi connectivity index (χ4v) is 4.35. The fraction of sp³-hybridized carbons (Fsp3) is 0.360. The Morgan fingerprint density at radius 1 is 1.03 bits per heavy atom. The number of imide groups is 1. The number of hydrogen-bond acceptors (Lipinski definition) is 4. The SMILES string of the molecule is Cc1ccc(C2=C(N3CCCC(CO)C3)C(=O)N(Cc3ccc(F)cc3)C2=O)cc1C. The number of nitrogens with zero attached hydrogens (tertiary/aromatic N) is 2. The summed E-state index contributed by atoms with van der Waals surface area (Å²) in [5, 5.41) is 9.65. The van der Waals surface area contributed by atoms with Crippen molar-refractivity contribution < 1.29 is 19.1 Å². The fourth-order valence-electron chi connectivity index (χ4n) is 4.35. The molecule has 6 heteroatoms. The van der Waals surface area contributed by atoms with Crippen molar-refractivity contribution in [3.05, 3.63) is 76.2 Å². The van der Waals surface area contributed by atoms with Crippen LogP contribution < -0.4 is 0 Å². The quantitative estimate of drug-likeness (QED) is 0.750. The van der Waals surface area contributed by atoms with E-state index in [0.29, 0.717) is 29.9 Å². The molecule has 31 heavy (non-hydrogen) atoms. The van der Waals surface area contributed by atoms with Gasteiger partial charge in [0.15, 0.2) is 0 Å². The number of amides is 2. The molecule has 4 rings (SSSR count). The molecule has 0 spiro atoms. The topological polar surface area (TPSA) is 60.9 Å². The molecular weight excluding hydrogens is 395 g/mol. The number of likely N-dealkylation sites (tertiary alicyclic amines) is 1. The van der Waals surface area contributed by atoms with Crippen LogP contribution >= 0.6 is 0 Å². The molecule has 1 saturated heterocycles. The summed E-state index contributed by atoms with van der Waals surface area (Å²) in [5.41, 5.74) is 4.40. The Kier molecular flexibility index (Phi) is 5.92. The van der Waals surface area contributed by atoms with E-state index in [0.717, 1.165) is 29.5 Å². The molecule has 5 nitrogen and oxygen atoms in total. The van der Waals surface area contributed by atoms with Crippen molar-refractivity contribution in [2.75, 3.05) is 19.7 Å². The van der Waals surface area contributed by atoms with Crippen molar-refractivity contribution in [1.82, 2.24) is 9.80 Å². The lowest BCUT2D eigenvalue weighted by Crippen LogP contribution is -2.40. The second-order valence-corrected chi connectivity index (χ2v) is 8.48. The normalized spacial score (nSPS) is 19.5. The van der Waals surface area contributed by atoms with Gasteiger partial charge in [0, 0.05) is 19.7 Å². The van der Waals surface area contributed by atoms with Crippen molar-refractivity contribution in [2.45, 2.75) is 33.2 Å². The molecule has 1 atom stereocenters. The first-order valence-corrected chi connectivity index (χ1v) is 10.7. The molecule has 2 amide bonds. The predicted octanol–water partition coefficient (Wildman–Crippen LogP) is 3.43. The van der Waals surface area contributed by atoms with E-state index >= 15 is 0 Å². The molecule has 0 aliphatic carbocycles. The summed E-state index contributed by atoms with van der Waals surface area (Å²) in [6.07, 6.45) is 1.76. The van der Waals surface area contributed by atoms with Gasteiger partial charge in [0.2, 0.25) is 0 Å². The first-order valence-electron chi connectivity index (χ1n) is 10.7. The van der Waals surface area contributed by atoms with Gasteiger partial charge in [-0.1, -0.05) is 30.3 Å². The molecule has 0 bridgehead atoms. The van der Waals surface area contributed by atoms with Crippen LogP contribution in [0.3, 0.4) is 0 Å². The van der Waals surface area contributed by atoms with E-state index in [1.165, 1.54) is 17.0 Å². The molecular formula is C25H27FN2O3. The summed E-state index contributed by atoms with van der Waals surface area (Å²) in [5.74, 6) is -0.947. The van der Waals surface area contributed by atoms with Crippen molar-refractivity contribution in [2.24, 2.45) is 5.92 Å². The molecule has 2 aromatic carbocycles. The van der Waals surface area contributed by atoms with Crippen LogP contribution in [-0.4, -0.2) is 46.4 Å². The van der Waals surface area contributed by atoms with E-state index in [1.807, 2.05) is 36.9 Å². The maximum atomic E-state index is 13.5. The van der Waals surface area contributed by atoms with Crippen molar-refractivity contribution in [3.8, 4) is 0 Å². The van der Waals surface area contributed by atoms with Crippen LogP contribution in [0.5, 0.6) is 0 Å². The zero-order valence-corrected chi connectivity index (χ0v) is 17.9. The molecule has 0 saturated carbocycles. The number of piperidine rings is 1. The lowest BCUT2D eigenvalue weighted by molar-refractivity contribution is -0.138. The predicted molar refractivity (Wildman–Crippen MR) is 116 cm³/mol. The smallest absolute Gasteiger partial charge is 0.278 e. The number of aryl methyl sites for hydroxylation is 2. The van der Waals surface area contributed by atoms with Crippen LogP contribution in [-0.2, 0) is 16.1 Å². The Morgan fingerprint density at radius 2 is 1.77 bits per heavy atom. The number of aliphatic hydroxyl groups excluding tert-OH is 1. The Labute approximate surface area is 181 Å². The Balaban J connectivity index is 1.75. The van der Waals surface area contributed by atoms with E-state index in [1.54, 1.807) is 12.1 Å². The first-order chi connectivity index (χ1) is 14.9. The summed E-state index contributed by atoms with van der Waals surface area (Å²) in [7, 11) is 0. The van der Waals surface area contributed by atoms with Gasteiger partial charge in [-0.05, 0) is 67.0 Å².